The fourth-order valence-electron chi connectivity index (χ4n) is 2.97. The zero-order chi connectivity index (χ0) is 13.8. The zero-order valence-corrected chi connectivity index (χ0v) is 11.0. The number of carboxylic acid groups (broad SMARTS) is 1. The number of hydrogen-bond acceptors (Lipinski definition) is 4. The predicted octanol–water partition coefficient (Wildman–Crippen LogP) is -0.187. The van der Waals surface area contributed by atoms with Crippen LogP contribution in [0.2, 0.25) is 0 Å². The van der Waals surface area contributed by atoms with Crippen LogP contribution in [0.5, 0.6) is 0 Å². The summed E-state index contributed by atoms with van der Waals surface area (Å²) in [6, 6.07) is -0.851. The number of β-amino-alcohol motifs (C(OH)–C–C–N with tert-alkyl or cyclic N) is 1. The van der Waals surface area contributed by atoms with Crippen molar-refractivity contribution in [2.24, 2.45) is 5.92 Å². The molecule has 19 heavy (non-hydrogen) atoms. The summed E-state index contributed by atoms with van der Waals surface area (Å²) in [5, 5.41) is 21.9. The quantitative estimate of drug-likeness (QED) is 0.659. The highest BCUT2D eigenvalue weighted by Gasteiger charge is 2.38. The smallest absolute Gasteiger partial charge is 0.326 e. The molecule has 6 nitrogen and oxygen atoms in total. The number of hydrogen-bond donors (Lipinski definition) is 3. The minimum absolute atomic E-state index is 0.137. The summed E-state index contributed by atoms with van der Waals surface area (Å²) in [6.07, 6.45) is 2.81. The lowest BCUT2D eigenvalue weighted by molar-refractivity contribution is -0.148. The number of amides is 1. The van der Waals surface area contributed by atoms with Crippen LogP contribution in [0.25, 0.3) is 0 Å². The van der Waals surface area contributed by atoms with Crippen LogP contribution in [0.3, 0.4) is 0 Å². The molecule has 108 valence electrons. The third-order valence-corrected chi connectivity index (χ3v) is 4.11. The first kappa shape index (κ1) is 14.3. The number of aliphatic hydroxyl groups excluding tert-OH is 1. The highest BCUT2D eigenvalue weighted by Crippen LogP contribution is 2.22. The molecule has 0 aromatic carbocycles. The molecule has 0 radical (unpaired) electrons. The van der Waals surface area contributed by atoms with Gasteiger partial charge in [-0.05, 0) is 38.3 Å². The normalized spacial score (nSPS) is 28.6. The zero-order valence-electron chi connectivity index (χ0n) is 11.0. The molecule has 0 aliphatic carbocycles. The second kappa shape index (κ2) is 6.34. The van der Waals surface area contributed by atoms with Gasteiger partial charge in [-0.1, -0.05) is 0 Å². The van der Waals surface area contributed by atoms with E-state index in [1.807, 2.05) is 0 Å². The first-order valence-corrected chi connectivity index (χ1v) is 6.99. The molecular weight excluding hydrogens is 248 g/mol. The highest BCUT2D eigenvalue weighted by atomic mass is 16.4. The van der Waals surface area contributed by atoms with Gasteiger partial charge in [-0.15, -0.1) is 0 Å². The minimum atomic E-state index is -1.02. The molecule has 0 saturated carbocycles. The van der Waals surface area contributed by atoms with Crippen molar-refractivity contribution >= 4 is 11.9 Å². The monoisotopic (exact) mass is 270 g/mol. The Bertz CT molecular complexity index is 342. The molecule has 2 aliphatic heterocycles. The maximum atomic E-state index is 12.1. The number of nitrogens with zero attached hydrogens (tertiary/aromatic N) is 1. The number of piperidine rings is 1. The average molecular weight is 270 g/mol. The standard InChI is InChI=1S/C13H22N2O4/c16-10-7-11(13(18)19)15(8-10)12(17)2-1-9-3-5-14-6-4-9/h9-11,14,16H,1-8H2,(H,18,19). The molecule has 2 saturated heterocycles. The van der Waals surface area contributed by atoms with E-state index in [-0.39, 0.29) is 18.9 Å². The van der Waals surface area contributed by atoms with Gasteiger partial charge < -0.3 is 20.4 Å². The maximum absolute atomic E-state index is 12.1. The highest BCUT2D eigenvalue weighted by molar-refractivity contribution is 5.84. The second-order valence-corrected chi connectivity index (χ2v) is 5.52. The van der Waals surface area contributed by atoms with Crippen LogP contribution in [0.1, 0.15) is 32.1 Å². The van der Waals surface area contributed by atoms with Crippen molar-refractivity contribution in [2.45, 2.75) is 44.2 Å². The summed E-state index contributed by atoms with van der Waals surface area (Å²) in [5.74, 6) is -0.602. The van der Waals surface area contributed by atoms with E-state index in [4.69, 9.17) is 5.11 Å². The summed E-state index contributed by atoms with van der Waals surface area (Å²) >= 11 is 0. The fraction of sp³-hybridized carbons (Fsp3) is 0.846. The van der Waals surface area contributed by atoms with Gasteiger partial charge in [0, 0.05) is 19.4 Å². The Labute approximate surface area is 112 Å². The molecule has 0 bridgehead atoms. The first-order chi connectivity index (χ1) is 9.08. The molecule has 2 heterocycles. The Kier molecular flexibility index (Phi) is 4.76. The third-order valence-electron chi connectivity index (χ3n) is 4.11. The summed E-state index contributed by atoms with van der Waals surface area (Å²) in [7, 11) is 0. The van der Waals surface area contributed by atoms with Crippen LogP contribution >= 0.6 is 0 Å². The predicted molar refractivity (Wildman–Crippen MR) is 68.6 cm³/mol. The largest absolute Gasteiger partial charge is 0.480 e. The molecule has 2 unspecified atom stereocenters. The molecular formula is C13H22N2O4. The number of carbonyl (C=O) groups is 2. The van der Waals surface area contributed by atoms with Crippen molar-refractivity contribution in [3.8, 4) is 0 Å². The Morgan fingerprint density at radius 2 is 1.95 bits per heavy atom. The maximum Gasteiger partial charge on any atom is 0.326 e. The van der Waals surface area contributed by atoms with Crippen LogP contribution < -0.4 is 5.32 Å². The Balaban J connectivity index is 1.82. The summed E-state index contributed by atoms with van der Waals surface area (Å²) in [4.78, 5) is 24.5. The molecule has 2 fully saturated rings. The number of rotatable bonds is 4. The van der Waals surface area contributed by atoms with Crippen LogP contribution in [-0.4, -0.2) is 58.8 Å². The Morgan fingerprint density at radius 1 is 1.26 bits per heavy atom. The van der Waals surface area contributed by atoms with Gasteiger partial charge in [0.05, 0.1) is 6.10 Å². The van der Waals surface area contributed by atoms with Gasteiger partial charge in [-0.25, -0.2) is 4.79 Å². The molecule has 1 amide bonds. The number of nitrogens with one attached hydrogen (secondary N) is 1. The Hall–Kier alpha value is -1.14. The minimum Gasteiger partial charge on any atom is -0.480 e. The topological polar surface area (TPSA) is 89.9 Å². The SMILES string of the molecule is O=C(O)C1CC(O)CN1C(=O)CCC1CCNCC1. The van der Waals surface area contributed by atoms with E-state index < -0.39 is 18.1 Å². The van der Waals surface area contributed by atoms with Gasteiger partial charge in [-0.2, -0.15) is 0 Å². The van der Waals surface area contributed by atoms with E-state index in [0.717, 1.165) is 32.4 Å². The fourth-order valence-corrected chi connectivity index (χ4v) is 2.97. The number of carboxylic acids is 1. The molecule has 0 spiro atoms. The van der Waals surface area contributed by atoms with E-state index in [9.17, 15) is 14.7 Å². The average Bonchev–Trinajstić information content (AvgIpc) is 2.79. The Morgan fingerprint density at radius 3 is 2.58 bits per heavy atom. The number of carbonyl (C=O) groups excluding carboxylic acids is 1. The van der Waals surface area contributed by atoms with E-state index in [1.165, 1.54) is 4.90 Å². The third kappa shape index (κ3) is 3.67. The van der Waals surface area contributed by atoms with Gasteiger partial charge in [-0.3, -0.25) is 4.79 Å². The second-order valence-electron chi connectivity index (χ2n) is 5.52. The molecule has 6 heteroatoms. The molecule has 0 aromatic heterocycles. The summed E-state index contributed by atoms with van der Waals surface area (Å²) < 4.78 is 0. The van der Waals surface area contributed by atoms with E-state index >= 15 is 0 Å². The molecule has 2 aliphatic rings. The number of aliphatic carboxylic acids is 1. The molecule has 3 N–H and O–H groups in total. The van der Waals surface area contributed by atoms with Crippen molar-refractivity contribution in [1.82, 2.24) is 10.2 Å². The van der Waals surface area contributed by atoms with Crippen molar-refractivity contribution in [2.75, 3.05) is 19.6 Å². The van der Waals surface area contributed by atoms with Crippen LogP contribution in [-0.2, 0) is 9.59 Å². The van der Waals surface area contributed by atoms with Crippen LogP contribution in [0.15, 0.2) is 0 Å². The van der Waals surface area contributed by atoms with E-state index in [2.05, 4.69) is 5.32 Å². The van der Waals surface area contributed by atoms with Crippen molar-refractivity contribution in [1.29, 1.82) is 0 Å². The van der Waals surface area contributed by atoms with Crippen molar-refractivity contribution in [3.63, 3.8) is 0 Å². The van der Waals surface area contributed by atoms with E-state index in [1.54, 1.807) is 0 Å². The van der Waals surface area contributed by atoms with E-state index in [0.29, 0.717) is 12.3 Å². The summed E-state index contributed by atoms with van der Waals surface area (Å²) in [6.45, 7) is 2.15. The number of aliphatic hydroxyl groups is 1. The lowest BCUT2D eigenvalue weighted by Gasteiger charge is -2.25. The lowest BCUT2D eigenvalue weighted by Crippen LogP contribution is -2.40. The van der Waals surface area contributed by atoms with Crippen molar-refractivity contribution < 1.29 is 19.8 Å². The lowest BCUT2D eigenvalue weighted by atomic mass is 9.93. The molecule has 2 rings (SSSR count). The van der Waals surface area contributed by atoms with Crippen molar-refractivity contribution in [3.05, 3.63) is 0 Å². The number of likely N-dealkylation sites (tertiary alicyclic amines) is 1. The van der Waals surface area contributed by atoms with Gasteiger partial charge in [0.25, 0.3) is 0 Å². The summed E-state index contributed by atoms with van der Waals surface area (Å²) in [5.41, 5.74) is 0. The molecule has 0 aromatic rings. The van der Waals surface area contributed by atoms with Crippen LogP contribution in [0.4, 0.5) is 0 Å². The van der Waals surface area contributed by atoms with Crippen LogP contribution in [0, 0.1) is 5.92 Å². The molecule has 2 atom stereocenters. The van der Waals surface area contributed by atoms with Gasteiger partial charge in [0.1, 0.15) is 6.04 Å². The first-order valence-electron chi connectivity index (χ1n) is 6.99. The van der Waals surface area contributed by atoms with Gasteiger partial charge in [0.2, 0.25) is 5.91 Å². The van der Waals surface area contributed by atoms with Gasteiger partial charge >= 0.3 is 5.97 Å². The van der Waals surface area contributed by atoms with Gasteiger partial charge in [0.15, 0.2) is 0 Å².